The van der Waals surface area contributed by atoms with Crippen molar-refractivity contribution in [2.45, 2.75) is 26.0 Å². The third kappa shape index (κ3) is 3.83. The van der Waals surface area contributed by atoms with Crippen LogP contribution in [-0.2, 0) is 20.9 Å². The quantitative estimate of drug-likeness (QED) is 0.853. The van der Waals surface area contributed by atoms with Gasteiger partial charge in [-0.25, -0.2) is 4.98 Å². The molecule has 0 aliphatic carbocycles. The van der Waals surface area contributed by atoms with E-state index in [0.717, 1.165) is 16.3 Å². The van der Waals surface area contributed by atoms with Gasteiger partial charge in [-0.3, -0.25) is 9.59 Å². The second kappa shape index (κ2) is 7.02. The Labute approximate surface area is 138 Å². The highest BCUT2D eigenvalue weighted by molar-refractivity contribution is 7.13. The van der Waals surface area contributed by atoms with Crippen LogP contribution in [0.1, 0.15) is 19.0 Å². The Morgan fingerprint density at radius 2 is 2.13 bits per heavy atom. The molecule has 1 saturated heterocycles. The molecule has 1 fully saturated rings. The zero-order chi connectivity index (χ0) is 16.2. The van der Waals surface area contributed by atoms with Crippen LogP contribution in [0.4, 0.5) is 0 Å². The fraction of sp³-hybridized carbons (Fsp3) is 0.353. The Balaban J connectivity index is 1.54. The Morgan fingerprint density at radius 3 is 2.83 bits per heavy atom. The van der Waals surface area contributed by atoms with Crippen molar-refractivity contribution in [1.29, 1.82) is 0 Å². The van der Waals surface area contributed by atoms with Crippen LogP contribution < -0.4 is 5.32 Å². The van der Waals surface area contributed by atoms with Gasteiger partial charge in [0.25, 0.3) is 0 Å². The first-order chi connectivity index (χ1) is 11.1. The highest BCUT2D eigenvalue weighted by Gasteiger charge is 2.32. The molecule has 1 N–H and O–H groups in total. The summed E-state index contributed by atoms with van der Waals surface area (Å²) in [6.07, 6.45) is 0.514. The van der Waals surface area contributed by atoms with Gasteiger partial charge in [-0.1, -0.05) is 30.3 Å². The fourth-order valence-electron chi connectivity index (χ4n) is 2.56. The van der Waals surface area contributed by atoms with Crippen LogP contribution in [0, 0.1) is 5.92 Å². The Morgan fingerprint density at radius 1 is 1.35 bits per heavy atom. The number of Topliss-reactive ketones (excluding diaryl/α,β-unsaturated/α-hetero) is 1. The van der Waals surface area contributed by atoms with Gasteiger partial charge in [0.1, 0.15) is 23.4 Å². The normalized spacial score (nSPS) is 20.4. The van der Waals surface area contributed by atoms with Crippen molar-refractivity contribution in [3.8, 4) is 10.6 Å². The standard InChI is InChI=1S/C17H18N2O3S/c1-11(20)13-7-15(18-8-13)17(21)22-9-14-10-23-16(19-14)12-5-3-2-4-6-12/h2-6,10,13,15,18H,7-9H2,1H3. The van der Waals surface area contributed by atoms with Crippen LogP contribution in [-0.4, -0.2) is 29.3 Å². The van der Waals surface area contributed by atoms with Crippen LogP contribution in [0.3, 0.4) is 0 Å². The van der Waals surface area contributed by atoms with Crippen LogP contribution >= 0.6 is 11.3 Å². The molecule has 3 rings (SSSR count). The summed E-state index contributed by atoms with van der Waals surface area (Å²) in [4.78, 5) is 27.9. The molecule has 2 atom stereocenters. The molecule has 23 heavy (non-hydrogen) atoms. The van der Waals surface area contributed by atoms with E-state index < -0.39 is 6.04 Å². The Kier molecular flexibility index (Phi) is 4.83. The van der Waals surface area contributed by atoms with E-state index in [1.165, 1.54) is 11.3 Å². The summed E-state index contributed by atoms with van der Waals surface area (Å²) < 4.78 is 5.32. The maximum Gasteiger partial charge on any atom is 0.323 e. The minimum atomic E-state index is -0.392. The lowest BCUT2D eigenvalue weighted by atomic mass is 10.0. The molecule has 2 aromatic rings. The van der Waals surface area contributed by atoms with Gasteiger partial charge in [0.05, 0.1) is 5.69 Å². The van der Waals surface area contributed by atoms with E-state index in [0.29, 0.717) is 13.0 Å². The molecule has 1 aliphatic rings. The lowest BCUT2D eigenvalue weighted by Gasteiger charge is -2.09. The number of ether oxygens (including phenoxy) is 1. The molecular weight excluding hydrogens is 312 g/mol. The molecule has 6 heteroatoms. The first kappa shape index (κ1) is 15.8. The number of benzene rings is 1. The topological polar surface area (TPSA) is 68.3 Å². The van der Waals surface area contributed by atoms with Crippen molar-refractivity contribution in [2.24, 2.45) is 5.92 Å². The van der Waals surface area contributed by atoms with E-state index in [1.54, 1.807) is 6.92 Å². The van der Waals surface area contributed by atoms with E-state index in [9.17, 15) is 9.59 Å². The van der Waals surface area contributed by atoms with Crippen molar-refractivity contribution in [3.05, 3.63) is 41.4 Å². The number of carbonyl (C=O) groups excluding carboxylic acids is 2. The van der Waals surface area contributed by atoms with Crippen LogP contribution in [0.2, 0.25) is 0 Å². The molecule has 0 spiro atoms. The Hall–Kier alpha value is -2.05. The van der Waals surface area contributed by atoms with Crippen LogP contribution in [0.15, 0.2) is 35.7 Å². The molecule has 0 radical (unpaired) electrons. The molecule has 0 saturated carbocycles. The lowest BCUT2D eigenvalue weighted by Crippen LogP contribution is -2.32. The van der Waals surface area contributed by atoms with Crippen molar-refractivity contribution in [3.63, 3.8) is 0 Å². The number of aromatic nitrogens is 1. The monoisotopic (exact) mass is 330 g/mol. The Bertz CT molecular complexity index is 699. The predicted octanol–water partition coefficient (Wildman–Crippen LogP) is 2.42. The molecular formula is C17H18N2O3S. The summed E-state index contributed by atoms with van der Waals surface area (Å²) in [5, 5.41) is 5.85. The maximum absolute atomic E-state index is 12.0. The van der Waals surface area contributed by atoms with E-state index in [4.69, 9.17) is 4.74 Å². The highest BCUT2D eigenvalue weighted by atomic mass is 32.1. The first-order valence-corrected chi connectivity index (χ1v) is 8.41. The smallest absolute Gasteiger partial charge is 0.323 e. The molecule has 5 nitrogen and oxygen atoms in total. The van der Waals surface area contributed by atoms with Gasteiger partial charge in [0.15, 0.2) is 0 Å². The van der Waals surface area contributed by atoms with Gasteiger partial charge in [-0.15, -0.1) is 11.3 Å². The number of hydrogen-bond donors (Lipinski definition) is 1. The SMILES string of the molecule is CC(=O)C1CNC(C(=O)OCc2csc(-c3ccccc3)n2)C1. The van der Waals surface area contributed by atoms with Gasteiger partial charge in [-0.2, -0.15) is 0 Å². The highest BCUT2D eigenvalue weighted by Crippen LogP contribution is 2.24. The van der Waals surface area contributed by atoms with E-state index in [1.807, 2.05) is 35.7 Å². The fourth-order valence-corrected chi connectivity index (χ4v) is 3.37. The second-order valence-corrected chi connectivity index (χ2v) is 6.48. The molecule has 0 bridgehead atoms. The second-order valence-electron chi connectivity index (χ2n) is 5.62. The molecule has 1 aliphatic heterocycles. The third-order valence-corrected chi connectivity index (χ3v) is 4.87. The van der Waals surface area contributed by atoms with E-state index in [2.05, 4.69) is 10.3 Å². The van der Waals surface area contributed by atoms with Gasteiger partial charge in [-0.05, 0) is 13.3 Å². The number of nitrogens with one attached hydrogen (secondary N) is 1. The van der Waals surface area contributed by atoms with Gasteiger partial charge >= 0.3 is 5.97 Å². The average Bonchev–Trinajstić information content (AvgIpc) is 3.23. The summed E-state index contributed by atoms with van der Waals surface area (Å²) in [5.74, 6) is -0.292. The predicted molar refractivity (Wildman–Crippen MR) is 87.9 cm³/mol. The number of rotatable bonds is 5. The van der Waals surface area contributed by atoms with Crippen LogP contribution in [0.5, 0.6) is 0 Å². The summed E-state index contributed by atoms with van der Waals surface area (Å²) in [6, 6.07) is 9.50. The zero-order valence-electron chi connectivity index (χ0n) is 12.8. The minimum absolute atomic E-state index is 0.0866. The van der Waals surface area contributed by atoms with Crippen molar-refractivity contribution >= 4 is 23.1 Å². The largest absolute Gasteiger partial charge is 0.458 e. The molecule has 2 heterocycles. The zero-order valence-corrected chi connectivity index (χ0v) is 13.6. The van der Waals surface area contributed by atoms with Crippen molar-refractivity contribution in [1.82, 2.24) is 10.3 Å². The van der Waals surface area contributed by atoms with Crippen molar-refractivity contribution < 1.29 is 14.3 Å². The maximum atomic E-state index is 12.0. The summed E-state index contributed by atoms with van der Waals surface area (Å²) in [7, 11) is 0. The lowest BCUT2D eigenvalue weighted by molar-refractivity contribution is -0.147. The number of ketones is 1. The average molecular weight is 330 g/mol. The summed E-state index contributed by atoms with van der Waals surface area (Å²) in [6.45, 7) is 2.26. The minimum Gasteiger partial charge on any atom is -0.458 e. The van der Waals surface area contributed by atoms with E-state index >= 15 is 0 Å². The first-order valence-electron chi connectivity index (χ1n) is 7.54. The number of nitrogens with zero attached hydrogens (tertiary/aromatic N) is 1. The third-order valence-electron chi connectivity index (χ3n) is 3.93. The number of carbonyl (C=O) groups is 2. The molecule has 1 aromatic heterocycles. The molecule has 120 valence electrons. The van der Waals surface area contributed by atoms with E-state index in [-0.39, 0.29) is 24.3 Å². The molecule has 2 unspecified atom stereocenters. The molecule has 0 amide bonds. The van der Waals surface area contributed by atoms with Gasteiger partial charge in [0, 0.05) is 23.4 Å². The number of thiazole rings is 1. The molecule has 1 aromatic carbocycles. The van der Waals surface area contributed by atoms with Crippen molar-refractivity contribution in [2.75, 3.05) is 6.54 Å². The summed E-state index contributed by atoms with van der Waals surface area (Å²) >= 11 is 1.53. The number of hydrogen-bond acceptors (Lipinski definition) is 6. The van der Waals surface area contributed by atoms with Gasteiger partial charge in [0.2, 0.25) is 0 Å². The van der Waals surface area contributed by atoms with Gasteiger partial charge < -0.3 is 10.1 Å². The summed E-state index contributed by atoms with van der Waals surface area (Å²) in [5.41, 5.74) is 1.79. The number of esters is 1. The van der Waals surface area contributed by atoms with Crippen LogP contribution in [0.25, 0.3) is 10.6 Å².